The normalized spacial score (nSPS) is 11.2. The van der Waals surface area contributed by atoms with Gasteiger partial charge in [-0.2, -0.15) is 0 Å². The van der Waals surface area contributed by atoms with E-state index >= 15 is 0 Å². The molecule has 0 saturated heterocycles. The van der Waals surface area contributed by atoms with Gasteiger partial charge in [-0.3, -0.25) is 0 Å². The van der Waals surface area contributed by atoms with Crippen molar-refractivity contribution in [2.45, 2.75) is 18.7 Å². The van der Waals surface area contributed by atoms with E-state index in [1.54, 1.807) is 26.0 Å². The maximum absolute atomic E-state index is 12.5. The van der Waals surface area contributed by atoms with Crippen molar-refractivity contribution in [2.24, 2.45) is 0 Å². The summed E-state index contributed by atoms with van der Waals surface area (Å²) in [5.41, 5.74) is 1.15. The third-order valence-electron chi connectivity index (χ3n) is 2.87. The molecule has 21 heavy (non-hydrogen) atoms. The second-order valence-electron chi connectivity index (χ2n) is 4.34. The van der Waals surface area contributed by atoms with Crippen LogP contribution in [0.25, 0.3) is 0 Å². The van der Waals surface area contributed by atoms with Crippen molar-refractivity contribution in [3.63, 3.8) is 0 Å². The summed E-state index contributed by atoms with van der Waals surface area (Å²) in [6.45, 7) is 3.40. The predicted octanol–water partition coefficient (Wildman–Crippen LogP) is 2.56. The van der Waals surface area contributed by atoms with Gasteiger partial charge in [0.1, 0.15) is 10.6 Å². The highest BCUT2D eigenvalue weighted by molar-refractivity contribution is 7.92. The van der Waals surface area contributed by atoms with Crippen LogP contribution in [0.4, 0.5) is 5.95 Å². The molecule has 8 heteroatoms. The monoisotopic (exact) mass is 327 g/mol. The lowest BCUT2D eigenvalue weighted by Crippen LogP contribution is -2.17. The van der Waals surface area contributed by atoms with Gasteiger partial charge in [0.05, 0.1) is 7.11 Å². The molecule has 112 valence electrons. The summed E-state index contributed by atoms with van der Waals surface area (Å²) in [5.74, 6) is 0.202. The lowest BCUT2D eigenvalue weighted by Gasteiger charge is -2.15. The Morgan fingerprint density at radius 3 is 2.43 bits per heavy atom. The van der Waals surface area contributed by atoms with Crippen molar-refractivity contribution in [3.8, 4) is 5.75 Å². The number of aromatic nitrogens is 2. The van der Waals surface area contributed by atoms with Gasteiger partial charge in [0, 0.05) is 17.4 Å². The van der Waals surface area contributed by atoms with Crippen LogP contribution in [-0.4, -0.2) is 25.5 Å². The van der Waals surface area contributed by atoms with Crippen LogP contribution in [0.15, 0.2) is 29.4 Å². The van der Waals surface area contributed by atoms with Gasteiger partial charge in [0.25, 0.3) is 10.0 Å². The minimum absolute atomic E-state index is 0.0179. The van der Waals surface area contributed by atoms with Crippen LogP contribution in [0.5, 0.6) is 5.75 Å². The molecule has 6 nitrogen and oxygen atoms in total. The van der Waals surface area contributed by atoms with Gasteiger partial charge >= 0.3 is 0 Å². The molecule has 0 unspecified atom stereocenters. The van der Waals surface area contributed by atoms with Gasteiger partial charge in [-0.15, -0.1) is 0 Å². The van der Waals surface area contributed by atoms with Crippen molar-refractivity contribution in [1.82, 2.24) is 9.97 Å². The first kappa shape index (κ1) is 15.5. The lowest BCUT2D eigenvalue weighted by molar-refractivity contribution is 0.402. The van der Waals surface area contributed by atoms with Crippen LogP contribution in [0, 0.1) is 13.8 Å². The van der Waals surface area contributed by atoms with Gasteiger partial charge in [-0.05, 0) is 37.1 Å². The minimum Gasteiger partial charge on any atom is -0.495 e. The number of hydrogen-bond acceptors (Lipinski definition) is 5. The third kappa shape index (κ3) is 3.08. The molecule has 0 fully saturated rings. The van der Waals surface area contributed by atoms with Gasteiger partial charge in [0.15, 0.2) is 0 Å². The number of nitrogens with one attached hydrogen (secondary N) is 1. The molecule has 0 radical (unpaired) electrons. The maximum atomic E-state index is 12.5. The van der Waals surface area contributed by atoms with E-state index < -0.39 is 10.0 Å². The number of ether oxygens (including phenoxy) is 1. The van der Waals surface area contributed by atoms with Crippen molar-refractivity contribution in [2.75, 3.05) is 11.8 Å². The summed E-state index contributed by atoms with van der Waals surface area (Å²) in [6, 6.07) is 3.17. The Morgan fingerprint density at radius 1 is 1.24 bits per heavy atom. The Bertz CT molecular complexity index is 764. The highest BCUT2D eigenvalue weighted by Gasteiger charge is 2.25. The first-order valence-corrected chi connectivity index (χ1v) is 7.86. The van der Waals surface area contributed by atoms with Crippen molar-refractivity contribution in [3.05, 3.63) is 40.7 Å². The lowest BCUT2D eigenvalue weighted by atomic mass is 10.1. The van der Waals surface area contributed by atoms with E-state index in [4.69, 9.17) is 16.3 Å². The molecule has 0 aliphatic rings. The topological polar surface area (TPSA) is 81.2 Å². The molecule has 2 aromatic rings. The second-order valence-corrected chi connectivity index (χ2v) is 6.34. The Morgan fingerprint density at radius 2 is 1.86 bits per heavy atom. The van der Waals surface area contributed by atoms with E-state index in [-0.39, 0.29) is 16.6 Å². The largest absolute Gasteiger partial charge is 0.495 e. The van der Waals surface area contributed by atoms with Crippen LogP contribution >= 0.6 is 11.6 Å². The number of aryl methyl sites for hydroxylation is 1. The average Bonchev–Trinajstić information content (AvgIpc) is 2.44. The quantitative estimate of drug-likeness (QED) is 0.933. The Labute approximate surface area is 128 Å². The van der Waals surface area contributed by atoms with E-state index in [9.17, 15) is 8.42 Å². The molecule has 2 rings (SSSR count). The number of rotatable bonds is 4. The first-order valence-electron chi connectivity index (χ1n) is 6.00. The molecule has 1 N–H and O–H groups in total. The number of hydrogen-bond donors (Lipinski definition) is 1. The van der Waals surface area contributed by atoms with E-state index in [1.807, 2.05) is 0 Å². The third-order valence-corrected chi connectivity index (χ3v) is 4.95. The molecule has 1 heterocycles. The molecule has 0 aliphatic heterocycles. The summed E-state index contributed by atoms with van der Waals surface area (Å²) in [6.07, 6.45) is 2.88. The molecule has 0 aliphatic carbocycles. The zero-order valence-electron chi connectivity index (χ0n) is 11.7. The van der Waals surface area contributed by atoms with Gasteiger partial charge in [-0.25, -0.2) is 23.1 Å². The SMILES string of the molecule is COc1cc(C)c(Cl)c(C)c1S(=O)(=O)Nc1ncccn1. The van der Waals surface area contributed by atoms with E-state index in [1.165, 1.54) is 19.5 Å². The highest BCUT2D eigenvalue weighted by atomic mass is 35.5. The van der Waals surface area contributed by atoms with Crippen LogP contribution in [0.1, 0.15) is 11.1 Å². The molecule has 0 amide bonds. The molecule has 0 spiro atoms. The molecule has 0 bridgehead atoms. The van der Waals surface area contributed by atoms with Crippen molar-refractivity contribution >= 4 is 27.6 Å². The molecular weight excluding hydrogens is 314 g/mol. The van der Waals surface area contributed by atoms with Gasteiger partial charge in [0.2, 0.25) is 5.95 Å². The Hall–Kier alpha value is -1.86. The van der Waals surface area contributed by atoms with Crippen LogP contribution < -0.4 is 9.46 Å². The first-order chi connectivity index (χ1) is 9.86. The Kier molecular flexibility index (Phi) is 4.34. The molecular formula is C13H14ClN3O3S. The van der Waals surface area contributed by atoms with Crippen LogP contribution in [0.2, 0.25) is 5.02 Å². The zero-order valence-corrected chi connectivity index (χ0v) is 13.3. The number of halogens is 1. The van der Waals surface area contributed by atoms with Crippen molar-refractivity contribution in [1.29, 1.82) is 0 Å². The fourth-order valence-electron chi connectivity index (χ4n) is 1.91. The molecule has 0 atom stereocenters. The standard InChI is InChI=1S/C13H14ClN3O3S/c1-8-7-10(20-3)12(9(2)11(8)14)21(18,19)17-13-15-5-4-6-16-13/h4-7H,1-3H3,(H,15,16,17). The summed E-state index contributed by atoms with van der Waals surface area (Å²) in [7, 11) is -2.51. The van der Waals surface area contributed by atoms with E-state index in [0.29, 0.717) is 10.6 Å². The van der Waals surface area contributed by atoms with Crippen molar-refractivity contribution < 1.29 is 13.2 Å². The van der Waals surface area contributed by atoms with E-state index in [0.717, 1.165) is 5.56 Å². The predicted molar refractivity (Wildman–Crippen MR) is 80.3 cm³/mol. The van der Waals surface area contributed by atoms with Crippen LogP contribution in [0.3, 0.4) is 0 Å². The summed E-state index contributed by atoms with van der Waals surface area (Å²) in [5, 5.41) is 0.380. The molecule has 1 aromatic heterocycles. The highest BCUT2D eigenvalue weighted by Crippen LogP contribution is 2.35. The van der Waals surface area contributed by atoms with Gasteiger partial charge < -0.3 is 4.74 Å². The Balaban J connectivity index is 2.57. The minimum atomic E-state index is -3.91. The number of benzene rings is 1. The second kappa shape index (κ2) is 5.87. The molecule has 1 aromatic carbocycles. The fraction of sp³-hybridized carbons (Fsp3) is 0.231. The number of sulfonamides is 1. The van der Waals surface area contributed by atoms with E-state index in [2.05, 4.69) is 14.7 Å². The molecule has 0 saturated carbocycles. The zero-order chi connectivity index (χ0) is 15.6. The average molecular weight is 328 g/mol. The number of anilines is 1. The summed E-state index contributed by atoms with van der Waals surface area (Å²) in [4.78, 5) is 7.66. The number of nitrogens with zero attached hydrogens (tertiary/aromatic N) is 2. The smallest absolute Gasteiger partial charge is 0.268 e. The van der Waals surface area contributed by atoms with Gasteiger partial charge in [-0.1, -0.05) is 11.6 Å². The summed E-state index contributed by atoms with van der Waals surface area (Å²) < 4.78 is 32.5. The maximum Gasteiger partial charge on any atom is 0.268 e. The van der Waals surface area contributed by atoms with Crippen LogP contribution in [-0.2, 0) is 10.0 Å². The fourth-order valence-corrected chi connectivity index (χ4v) is 3.48. The summed E-state index contributed by atoms with van der Waals surface area (Å²) >= 11 is 6.14. The number of methoxy groups -OCH3 is 1.